The van der Waals surface area contributed by atoms with Crippen LogP contribution in [0.2, 0.25) is 0 Å². The molecule has 1 N–H and O–H groups in total. The highest BCUT2D eigenvalue weighted by Crippen LogP contribution is 2.29. The number of fused-ring (bicyclic) bond motifs is 2. The van der Waals surface area contributed by atoms with Crippen LogP contribution in [0.25, 0.3) is 10.9 Å². The maximum absolute atomic E-state index is 12.2. The molecule has 4 nitrogen and oxygen atoms in total. The highest BCUT2D eigenvalue weighted by Gasteiger charge is 2.24. The highest BCUT2D eigenvalue weighted by atomic mass is 32.1. The second-order valence-electron chi connectivity index (χ2n) is 5.73. The van der Waals surface area contributed by atoms with Crippen molar-refractivity contribution in [2.75, 3.05) is 6.54 Å². The molecule has 1 aliphatic rings. The van der Waals surface area contributed by atoms with Crippen molar-refractivity contribution in [2.45, 2.75) is 25.9 Å². The minimum absolute atomic E-state index is 0.0549. The van der Waals surface area contributed by atoms with Gasteiger partial charge in [-0.25, -0.2) is 4.98 Å². The van der Waals surface area contributed by atoms with Crippen LogP contribution in [0.5, 0.6) is 0 Å². The number of aromatic nitrogens is 2. The molecule has 5 heteroatoms. The molecule has 112 valence electrons. The largest absolute Gasteiger partial charge is 0.309 e. The summed E-state index contributed by atoms with van der Waals surface area (Å²) < 4.78 is 0. The summed E-state index contributed by atoms with van der Waals surface area (Å²) in [5.41, 5.74) is 2.12. The van der Waals surface area contributed by atoms with Gasteiger partial charge in [0.15, 0.2) is 0 Å². The number of hydrogen-bond donors (Lipinski definition) is 1. The Morgan fingerprint density at radius 2 is 2.18 bits per heavy atom. The number of benzene rings is 1. The monoisotopic (exact) mass is 311 g/mol. The first kappa shape index (κ1) is 13.7. The minimum Gasteiger partial charge on any atom is -0.309 e. The Hall–Kier alpha value is -1.98. The average Bonchev–Trinajstić information content (AvgIpc) is 3.01. The normalized spacial score (nSPS) is 16.6. The molecule has 1 aromatic carbocycles. The molecule has 3 aromatic rings. The van der Waals surface area contributed by atoms with Crippen molar-refractivity contribution in [3.05, 3.63) is 62.3 Å². The molecule has 0 spiro atoms. The van der Waals surface area contributed by atoms with E-state index >= 15 is 0 Å². The number of para-hydroxylation sites is 1. The number of thiophene rings is 1. The molecule has 0 aliphatic carbocycles. The molecule has 0 amide bonds. The third-order valence-electron chi connectivity index (χ3n) is 4.41. The van der Waals surface area contributed by atoms with E-state index in [0.29, 0.717) is 5.39 Å². The summed E-state index contributed by atoms with van der Waals surface area (Å²) in [5.74, 6) is 0.752. The maximum Gasteiger partial charge on any atom is 0.258 e. The third-order valence-corrected chi connectivity index (χ3v) is 5.43. The van der Waals surface area contributed by atoms with Gasteiger partial charge in [-0.2, -0.15) is 0 Å². The first-order valence-electron chi connectivity index (χ1n) is 7.50. The first-order chi connectivity index (χ1) is 10.7. The summed E-state index contributed by atoms with van der Waals surface area (Å²) in [6.07, 6.45) is 1.08. The van der Waals surface area contributed by atoms with Crippen molar-refractivity contribution in [2.24, 2.45) is 0 Å². The van der Waals surface area contributed by atoms with E-state index in [2.05, 4.69) is 33.2 Å². The molecule has 0 radical (unpaired) electrons. The van der Waals surface area contributed by atoms with Crippen LogP contribution in [0, 0.1) is 0 Å². The number of aromatic amines is 1. The fourth-order valence-corrected chi connectivity index (χ4v) is 3.97. The number of nitrogens with one attached hydrogen (secondary N) is 1. The Bertz CT molecular complexity index is 883. The molecule has 22 heavy (non-hydrogen) atoms. The van der Waals surface area contributed by atoms with Crippen LogP contribution >= 0.6 is 11.3 Å². The molecule has 0 bridgehead atoms. The van der Waals surface area contributed by atoms with Gasteiger partial charge >= 0.3 is 0 Å². The lowest BCUT2D eigenvalue weighted by Crippen LogP contribution is -2.33. The van der Waals surface area contributed by atoms with Crippen molar-refractivity contribution in [3.8, 4) is 0 Å². The number of rotatable bonds is 2. The molecule has 0 saturated carbocycles. The Morgan fingerprint density at radius 1 is 1.32 bits per heavy atom. The Labute approximate surface area is 132 Å². The molecule has 4 rings (SSSR count). The van der Waals surface area contributed by atoms with Gasteiger partial charge in [0.2, 0.25) is 0 Å². The SMILES string of the molecule is C[C@@H](c1nc2ccccc2c(=O)[nH]1)N1CCc2sccc2C1. The van der Waals surface area contributed by atoms with Gasteiger partial charge < -0.3 is 4.98 Å². The highest BCUT2D eigenvalue weighted by molar-refractivity contribution is 7.10. The van der Waals surface area contributed by atoms with Crippen LogP contribution in [0.1, 0.15) is 29.2 Å². The molecule has 0 saturated heterocycles. The first-order valence-corrected chi connectivity index (χ1v) is 8.38. The summed E-state index contributed by atoms with van der Waals surface area (Å²) >= 11 is 1.84. The number of H-pyrrole nitrogens is 1. The lowest BCUT2D eigenvalue weighted by atomic mass is 10.1. The predicted molar refractivity (Wildman–Crippen MR) is 89.2 cm³/mol. The zero-order valence-electron chi connectivity index (χ0n) is 12.4. The summed E-state index contributed by atoms with van der Waals surface area (Å²) in [6.45, 7) is 4.05. The van der Waals surface area contributed by atoms with Gasteiger partial charge in [0, 0.05) is 18.0 Å². The van der Waals surface area contributed by atoms with Gasteiger partial charge in [0.1, 0.15) is 5.82 Å². The van der Waals surface area contributed by atoms with Crippen LogP contribution in [0.4, 0.5) is 0 Å². The predicted octanol–water partition coefficient (Wildman–Crippen LogP) is 3.10. The molecule has 3 heterocycles. The zero-order valence-corrected chi connectivity index (χ0v) is 13.2. The summed E-state index contributed by atoms with van der Waals surface area (Å²) in [5, 5.41) is 2.81. The van der Waals surface area contributed by atoms with Crippen LogP contribution in [0.15, 0.2) is 40.5 Å². The van der Waals surface area contributed by atoms with E-state index in [4.69, 9.17) is 0 Å². The van der Waals surface area contributed by atoms with Crippen molar-refractivity contribution >= 4 is 22.2 Å². The van der Waals surface area contributed by atoms with E-state index in [1.54, 1.807) is 0 Å². The molecule has 0 unspecified atom stereocenters. The van der Waals surface area contributed by atoms with E-state index in [9.17, 15) is 4.79 Å². The van der Waals surface area contributed by atoms with Crippen LogP contribution in [-0.2, 0) is 13.0 Å². The van der Waals surface area contributed by atoms with E-state index in [1.807, 2.05) is 35.6 Å². The lowest BCUT2D eigenvalue weighted by Gasteiger charge is -2.31. The smallest absolute Gasteiger partial charge is 0.258 e. The summed E-state index contributed by atoms with van der Waals surface area (Å²) in [6, 6.07) is 9.80. The summed E-state index contributed by atoms with van der Waals surface area (Å²) in [4.78, 5) is 23.7. The number of hydrogen-bond acceptors (Lipinski definition) is 4. The van der Waals surface area contributed by atoms with Gasteiger partial charge in [0.25, 0.3) is 5.56 Å². The third kappa shape index (κ3) is 2.26. The second-order valence-corrected chi connectivity index (χ2v) is 6.73. The molecule has 2 aromatic heterocycles. The van der Waals surface area contributed by atoms with Crippen LogP contribution < -0.4 is 5.56 Å². The second kappa shape index (κ2) is 5.34. The van der Waals surface area contributed by atoms with Crippen LogP contribution in [0.3, 0.4) is 0 Å². The van der Waals surface area contributed by atoms with E-state index in [0.717, 1.165) is 30.9 Å². The molecular weight excluding hydrogens is 294 g/mol. The lowest BCUT2D eigenvalue weighted by molar-refractivity contribution is 0.186. The number of nitrogens with zero attached hydrogens (tertiary/aromatic N) is 2. The Kier molecular flexibility index (Phi) is 3.32. The fraction of sp³-hybridized carbons (Fsp3) is 0.294. The standard InChI is InChI=1S/C17H17N3OS/c1-11(20-8-6-15-12(10-20)7-9-22-15)16-18-14-5-3-2-4-13(14)17(21)19-16/h2-5,7,9,11H,6,8,10H2,1H3,(H,18,19,21)/t11-/m0/s1. The van der Waals surface area contributed by atoms with Crippen molar-refractivity contribution in [1.29, 1.82) is 0 Å². The van der Waals surface area contributed by atoms with E-state index in [-0.39, 0.29) is 11.6 Å². The zero-order chi connectivity index (χ0) is 15.1. The fourth-order valence-electron chi connectivity index (χ4n) is 3.08. The summed E-state index contributed by atoms with van der Waals surface area (Å²) in [7, 11) is 0. The Balaban J connectivity index is 1.69. The molecule has 1 aliphatic heterocycles. The maximum atomic E-state index is 12.2. The van der Waals surface area contributed by atoms with E-state index in [1.165, 1.54) is 10.4 Å². The van der Waals surface area contributed by atoms with Gasteiger partial charge in [-0.05, 0) is 42.5 Å². The van der Waals surface area contributed by atoms with Gasteiger partial charge in [-0.1, -0.05) is 12.1 Å². The Morgan fingerprint density at radius 3 is 3.09 bits per heavy atom. The van der Waals surface area contributed by atoms with Crippen molar-refractivity contribution in [3.63, 3.8) is 0 Å². The van der Waals surface area contributed by atoms with Crippen LogP contribution in [-0.4, -0.2) is 21.4 Å². The topological polar surface area (TPSA) is 49.0 Å². The van der Waals surface area contributed by atoms with E-state index < -0.39 is 0 Å². The molecular formula is C17H17N3OS. The van der Waals surface area contributed by atoms with Gasteiger partial charge in [0.05, 0.1) is 16.9 Å². The molecule has 0 fully saturated rings. The minimum atomic E-state index is -0.0549. The van der Waals surface area contributed by atoms with Gasteiger partial charge in [-0.3, -0.25) is 9.69 Å². The van der Waals surface area contributed by atoms with Crippen molar-refractivity contribution < 1.29 is 0 Å². The average molecular weight is 311 g/mol. The quantitative estimate of drug-likeness (QED) is 0.791. The van der Waals surface area contributed by atoms with Gasteiger partial charge in [-0.15, -0.1) is 11.3 Å². The molecule has 1 atom stereocenters. The van der Waals surface area contributed by atoms with Crippen molar-refractivity contribution in [1.82, 2.24) is 14.9 Å².